The highest BCUT2D eigenvalue weighted by Gasteiger charge is 2.35. The molecule has 10 heteroatoms. The zero-order chi connectivity index (χ0) is 26.3. The van der Waals surface area contributed by atoms with Gasteiger partial charge in [-0.05, 0) is 32.8 Å². The van der Waals surface area contributed by atoms with Crippen LogP contribution in [0.2, 0.25) is 0 Å². The minimum Gasteiger partial charge on any atom is -0.363 e. The van der Waals surface area contributed by atoms with Crippen LogP contribution in [0.4, 0.5) is 19.0 Å². The largest absolute Gasteiger partial charge is 0.363 e. The topological polar surface area (TPSA) is 80.1 Å². The maximum atomic E-state index is 14.8. The fourth-order valence-electron chi connectivity index (χ4n) is 5.16. The lowest BCUT2D eigenvalue weighted by molar-refractivity contribution is -0.129. The van der Waals surface area contributed by atoms with Crippen molar-refractivity contribution in [2.45, 2.75) is 65.0 Å². The van der Waals surface area contributed by atoms with E-state index < -0.39 is 23.8 Å². The van der Waals surface area contributed by atoms with Gasteiger partial charge in [-0.3, -0.25) is 9.59 Å². The van der Waals surface area contributed by atoms with Crippen molar-refractivity contribution in [3.05, 3.63) is 63.1 Å². The van der Waals surface area contributed by atoms with E-state index in [0.717, 1.165) is 24.6 Å². The highest BCUT2D eigenvalue weighted by molar-refractivity contribution is 5.89. The lowest BCUT2D eigenvalue weighted by Crippen LogP contribution is -2.33. The SMILES string of the molecule is CC[C@@H]1CC(c2cc3c(N[C@H](C)c4cccc(C(F)F)c4F)nc(C)nc3c(=O)n2C)CN1C(C)=O. The second kappa shape index (κ2) is 9.91. The van der Waals surface area contributed by atoms with E-state index in [-0.39, 0.29) is 34.5 Å². The lowest BCUT2D eigenvalue weighted by Gasteiger charge is -2.21. The summed E-state index contributed by atoms with van der Waals surface area (Å²) in [5.74, 6) is -0.358. The first-order valence-corrected chi connectivity index (χ1v) is 12.0. The number of aryl methyl sites for hydroxylation is 1. The first-order chi connectivity index (χ1) is 17.0. The summed E-state index contributed by atoms with van der Waals surface area (Å²) < 4.78 is 42.8. The molecule has 2 aromatic heterocycles. The van der Waals surface area contributed by atoms with Gasteiger partial charge in [0.25, 0.3) is 12.0 Å². The Morgan fingerprint density at radius 3 is 2.56 bits per heavy atom. The Morgan fingerprint density at radius 1 is 1.25 bits per heavy atom. The molecule has 36 heavy (non-hydrogen) atoms. The molecule has 0 saturated carbocycles. The standard InChI is InChI=1S/C26H30F3N5O2/c1-6-17-10-16(12-34(17)15(4)35)21-11-20-23(26(36)33(21)5)31-14(3)32-25(20)30-13(2)18-8-7-9-19(22(18)27)24(28)29/h7-9,11,13,16-17,24H,6,10,12H2,1-5H3,(H,30,31,32)/t13-,16?,17-/m1/s1. The molecule has 3 aromatic rings. The van der Waals surface area contributed by atoms with Gasteiger partial charge in [-0.1, -0.05) is 25.1 Å². The Balaban J connectivity index is 1.79. The van der Waals surface area contributed by atoms with Crippen molar-refractivity contribution in [3.63, 3.8) is 0 Å². The first-order valence-electron chi connectivity index (χ1n) is 12.0. The molecule has 1 saturated heterocycles. The fraction of sp³-hybridized carbons (Fsp3) is 0.462. The van der Waals surface area contributed by atoms with Gasteiger partial charge >= 0.3 is 0 Å². The second-order valence-corrected chi connectivity index (χ2v) is 9.40. The Hall–Kier alpha value is -3.43. The number of halogens is 3. The maximum Gasteiger partial charge on any atom is 0.277 e. The molecule has 7 nitrogen and oxygen atoms in total. The van der Waals surface area contributed by atoms with Crippen LogP contribution in [0, 0.1) is 12.7 Å². The molecule has 1 aromatic carbocycles. The van der Waals surface area contributed by atoms with Crippen molar-refractivity contribution in [2.24, 2.45) is 7.05 Å². The van der Waals surface area contributed by atoms with Crippen LogP contribution in [0.25, 0.3) is 10.9 Å². The number of pyridine rings is 1. The van der Waals surface area contributed by atoms with Gasteiger partial charge in [0.2, 0.25) is 5.91 Å². The van der Waals surface area contributed by atoms with Crippen LogP contribution in [0.3, 0.4) is 0 Å². The highest BCUT2D eigenvalue weighted by Crippen LogP contribution is 2.35. The van der Waals surface area contributed by atoms with Gasteiger partial charge in [0.15, 0.2) is 0 Å². The molecule has 1 aliphatic rings. The summed E-state index contributed by atoms with van der Waals surface area (Å²) in [4.78, 5) is 36.1. The van der Waals surface area contributed by atoms with Crippen LogP contribution < -0.4 is 10.9 Å². The number of anilines is 1. The average molecular weight is 502 g/mol. The smallest absolute Gasteiger partial charge is 0.277 e. The van der Waals surface area contributed by atoms with Crippen LogP contribution in [0.1, 0.15) is 74.6 Å². The number of fused-ring (bicyclic) bond motifs is 1. The minimum absolute atomic E-state index is 0.00154. The quantitative estimate of drug-likeness (QED) is 0.514. The van der Waals surface area contributed by atoms with E-state index in [1.807, 2.05) is 17.9 Å². The molecule has 1 unspecified atom stereocenters. The van der Waals surface area contributed by atoms with Gasteiger partial charge in [-0.25, -0.2) is 23.1 Å². The number of rotatable bonds is 6. The molecule has 192 valence electrons. The number of hydrogen-bond donors (Lipinski definition) is 1. The van der Waals surface area contributed by atoms with E-state index in [2.05, 4.69) is 15.3 Å². The molecule has 1 aliphatic heterocycles. The van der Waals surface area contributed by atoms with E-state index in [1.54, 1.807) is 32.4 Å². The molecular formula is C26H30F3N5O2. The molecule has 0 radical (unpaired) electrons. The monoisotopic (exact) mass is 501 g/mol. The third-order valence-electron chi connectivity index (χ3n) is 7.07. The van der Waals surface area contributed by atoms with Crippen LogP contribution in [0.15, 0.2) is 29.1 Å². The number of nitrogens with one attached hydrogen (secondary N) is 1. The molecule has 1 amide bonds. The van der Waals surface area contributed by atoms with E-state index in [9.17, 15) is 22.8 Å². The van der Waals surface area contributed by atoms with Crippen molar-refractivity contribution in [1.29, 1.82) is 0 Å². The Bertz CT molecular complexity index is 1370. The Morgan fingerprint density at radius 2 is 1.94 bits per heavy atom. The number of nitrogens with zero attached hydrogens (tertiary/aromatic N) is 4. The number of benzene rings is 1. The van der Waals surface area contributed by atoms with E-state index >= 15 is 0 Å². The third-order valence-corrected chi connectivity index (χ3v) is 7.07. The third kappa shape index (κ3) is 4.56. The van der Waals surface area contributed by atoms with Crippen molar-refractivity contribution >= 4 is 22.6 Å². The van der Waals surface area contributed by atoms with Crippen LogP contribution in [0.5, 0.6) is 0 Å². The number of likely N-dealkylation sites (tertiary alicyclic amines) is 1. The van der Waals surface area contributed by atoms with E-state index in [1.165, 1.54) is 12.1 Å². The molecule has 4 rings (SSSR count). The van der Waals surface area contributed by atoms with E-state index in [4.69, 9.17) is 0 Å². The highest BCUT2D eigenvalue weighted by atomic mass is 19.3. The number of hydrogen-bond acceptors (Lipinski definition) is 5. The summed E-state index contributed by atoms with van der Waals surface area (Å²) in [6.07, 6.45) is -1.39. The number of carbonyl (C=O) groups is 1. The van der Waals surface area contributed by atoms with E-state index in [0.29, 0.717) is 23.6 Å². The first kappa shape index (κ1) is 25.7. The van der Waals surface area contributed by atoms with Gasteiger partial charge in [0, 0.05) is 43.7 Å². The average Bonchev–Trinajstić information content (AvgIpc) is 3.26. The molecule has 0 spiro atoms. The summed E-state index contributed by atoms with van der Waals surface area (Å²) in [6.45, 7) is 7.38. The molecular weight excluding hydrogens is 471 g/mol. The fourth-order valence-corrected chi connectivity index (χ4v) is 5.16. The maximum absolute atomic E-state index is 14.8. The Kier molecular flexibility index (Phi) is 7.06. The minimum atomic E-state index is -2.93. The molecule has 1 N–H and O–H groups in total. The summed E-state index contributed by atoms with van der Waals surface area (Å²) in [5.41, 5.74) is 0.0640. The van der Waals surface area contributed by atoms with Crippen molar-refractivity contribution < 1.29 is 18.0 Å². The summed E-state index contributed by atoms with van der Waals surface area (Å²) in [7, 11) is 1.69. The van der Waals surface area contributed by atoms with Gasteiger partial charge in [0.1, 0.15) is 23.0 Å². The molecule has 3 atom stereocenters. The lowest BCUT2D eigenvalue weighted by atomic mass is 9.98. The summed E-state index contributed by atoms with van der Waals surface area (Å²) in [5, 5.41) is 3.57. The van der Waals surface area contributed by atoms with Crippen LogP contribution in [-0.2, 0) is 11.8 Å². The van der Waals surface area contributed by atoms with Crippen molar-refractivity contribution in [1.82, 2.24) is 19.4 Å². The van der Waals surface area contributed by atoms with Crippen LogP contribution >= 0.6 is 0 Å². The number of amides is 1. The predicted molar refractivity (Wildman–Crippen MR) is 132 cm³/mol. The number of aromatic nitrogens is 3. The number of alkyl halides is 2. The van der Waals surface area contributed by atoms with Crippen molar-refractivity contribution in [3.8, 4) is 0 Å². The van der Waals surface area contributed by atoms with Gasteiger partial charge in [0.05, 0.1) is 17.0 Å². The zero-order valence-electron chi connectivity index (χ0n) is 21.0. The molecule has 1 fully saturated rings. The number of carbonyl (C=O) groups excluding carboxylic acids is 1. The second-order valence-electron chi connectivity index (χ2n) is 9.40. The predicted octanol–water partition coefficient (Wildman–Crippen LogP) is 5.00. The molecule has 0 aliphatic carbocycles. The zero-order valence-corrected chi connectivity index (χ0v) is 21.0. The van der Waals surface area contributed by atoms with Gasteiger partial charge in [-0.2, -0.15) is 0 Å². The summed E-state index contributed by atoms with van der Waals surface area (Å²) >= 11 is 0. The summed E-state index contributed by atoms with van der Waals surface area (Å²) in [6, 6.07) is 5.12. The van der Waals surface area contributed by atoms with Crippen molar-refractivity contribution in [2.75, 3.05) is 11.9 Å². The molecule has 0 bridgehead atoms. The van der Waals surface area contributed by atoms with Gasteiger partial charge < -0.3 is 14.8 Å². The molecule has 3 heterocycles. The normalized spacial score (nSPS) is 18.8. The Labute approximate surface area is 207 Å². The van der Waals surface area contributed by atoms with Crippen LogP contribution in [-0.4, -0.2) is 37.9 Å². The van der Waals surface area contributed by atoms with Gasteiger partial charge in [-0.15, -0.1) is 0 Å².